The number of hydrogen-bond acceptors (Lipinski definition) is 3. The lowest BCUT2D eigenvalue weighted by atomic mass is 9.94. The third-order valence-electron chi connectivity index (χ3n) is 3.76. The molecule has 2 amide bonds. The van der Waals surface area contributed by atoms with Crippen molar-refractivity contribution in [2.45, 2.75) is 46.1 Å². The smallest absolute Gasteiger partial charge is 0.305 e. The molecule has 1 saturated heterocycles. The maximum absolute atomic E-state index is 12.5. The van der Waals surface area contributed by atoms with Gasteiger partial charge < -0.3 is 14.9 Å². The first-order valence-corrected chi connectivity index (χ1v) is 7.10. The topological polar surface area (TPSA) is 77.9 Å². The van der Waals surface area contributed by atoms with Crippen LogP contribution in [0.4, 0.5) is 0 Å². The fourth-order valence-electron chi connectivity index (χ4n) is 2.51. The van der Waals surface area contributed by atoms with Crippen molar-refractivity contribution in [2.24, 2.45) is 5.92 Å². The van der Waals surface area contributed by atoms with Crippen LogP contribution >= 0.6 is 0 Å². The van der Waals surface area contributed by atoms with E-state index in [0.717, 1.165) is 0 Å². The Kier molecular flexibility index (Phi) is 5.98. The van der Waals surface area contributed by atoms with Gasteiger partial charge in [0.1, 0.15) is 0 Å². The van der Waals surface area contributed by atoms with Crippen LogP contribution in [0.25, 0.3) is 0 Å². The van der Waals surface area contributed by atoms with Gasteiger partial charge in [0.15, 0.2) is 0 Å². The maximum Gasteiger partial charge on any atom is 0.305 e. The summed E-state index contributed by atoms with van der Waals surface area (Å²) in [5.74, 6) is -0.927. The second-order valence-electron chi connectivity index (χ2n) is 5.55. The molecule has 1 fully saturated rings. The van der Waals surface area contributed by atoms with Crippen LogP contribution in [0, 0.1) is 5.92 Å². The molecular weight excluding hydrogens is 260 g/mol. The van der Waals surface area contributed by atoms with Crippen molar-refractivity contribution in [3.8, 4) is 0 Å². The Morgan fingerprint density at radius 2 is 1.80 bits per heavy atom. The van der Waals surface area contributed by atoms with Crippen LogP contribution in [0.2, 0.25) is 0 Å². The zero-order valence-corrected chi connectivity index (χ0v) is 12.5. The van der Waals surface area contributed by atoms with E-state index >= 15 is 0 Å². The minimum Gasteiger partial charge on any atom is -0.481 e. The lowest BCUT2D eigenvalue weighted by Gasteiger charge is -2.35. The van der Waals surface area contributed by atoms with Crippen molar-refractivity contribution in [1.82, 2.24) is 9.80 Å². The molecule has 1 aliphatic heterocycles. The van der Waals surface area contributed by atoms with E-state index in [-0.39, 0.29) is 36.7 Å². The molecule has 1 heterocycles. The van der Waals surface area contributed by atoms with Gasteiger partial charge in [-0.2, -0.15) is 0 Å². The van der Waals surface area contributed by atoms with E-state index in [0.29, 0.717) is 25.9 Å². The Labute approximate surface area is 119 Å². The van der Waals surface area contributed by atoms with Crippen molar-refractivity contribution in [3.05, 3.63) is 0 Å². The maximum atomic E-state index is 12.5. The van der Waals surface area contributed by atoms with Crippen LogP contribution in [0.1, 0.15) is 40.0 Å². The summed E-state index contributed by atoms with van der Waals surface area (Å²) in [5, 5.41) is 8.75. The molecule has 1 N–H and O–H groups in total. The number of nitrogens with zero attached hydrogens (tertiary/aromatic N) is 2. The van der Waals surface area contributed by atoms with Gasteiger partial charge >= 0.3 is 5.97 Å². The molecule has 1 rings (SSSR count). The fraction of sp³-hybridized carbons (Fsp3) is 0.786. The summed E-state index contributed by atoms with van der Waals surface area (Å²) in [6.45, 7) is 6.79. The first-order valence-electron chi connectivity index (χ1n) is 7.10. The average Bonchev–Trinajstić information content (AvgIpc) is 2.38. The number of amides is 2. The molecule has 20 heavy (non-hydrogen) atoms. The van der Waals surface area contributed by atoms with Crippen molar-refractivity contribution < 1.29 is 19.5 Å². The Hall–Kier alpha value is -1.59. The lowest BCUT2D eigenvalue weighted by molar-refractivity contribution is -0.143. The van der Waals surface area contributed by atoms with E-state index in [1.54, 1.807) is 9.80 Å². The Bertz CT molecular complexity index is 373. The first-order chi connectivity index (χ1) is 9.32. The van der Waals surface area contributed by atoms with Crippen LogP contribution < -0.4 is 0 Å². The molecule has 0 aromatic rings. The van der Waals surface area contributed by atoms with Crippen molar-refractivity contribution in [1.29, 1.82) is 0 Å². The summed E-state index contributed by atoms with van der Waals surface area (Å²) in [5.41, 5.74) is 0. The van der Waals surface area contributed by atoms with Crippen LogP contribution in [0.5, 0.6) is 0 Å². The highest BCUT2D eigenvalue weighted by Crippen LogP contribution is 2.21. The summed E-state index contributed by atoms with van der Waals surface area (Å²) >= 11 is 0. The highest BCUT2D eigenvalue weighted by Gasteiger charge is 2.30. The monoisotopic (exact) mass is 284 g/mol. The van der Waals surface area contributed by atoms with Crippen LogP contribution in [0.15, 0.2) is 0 Å². The molecular formula is C14H24N2O4. The highest BCUT2D eigenvalue weighted by molar-refractivity contribution is 5.80. The minimum absolute atomic E-state index is 0.00677. The van der Waals surface area contributed by atoms with E-state index in [2.05, 4.69) is 0 Å². The number of carboxylic acid groups (broad SMARTS) is 1. The minimum atomic E-state index is -0.894. The largest absolute Gasteiger partial charge is 0.481 e. The fourth-order valence-corrected chi connectivity index (χ4v) is 2.51. The molecule has 0 atom stereocenters. The van der Waals surface area contributed by atoms with Crippen molar-refractivity contribution >= 4 is 17.8 Å². The molecule has 114 valence electrons. The Morgan fingerprint density at radius 3 is 2.20 bits per heavy atom. The molecule has 0 aromatic carbocycles. The lowest BCUT2D eigenvalue weighted by Crippen LogP contribution is -2.46. The second-order valence-corrected chi connectivity index (χ2v) is 5.55. The number of rotatable bonds is 5. The SMILES string of the molecule is CC(=O)N1CCC(C(=O)N(CCC(=O)O)C(C)C)CC1. The van der Waals surface area contributed by atoms with Gasteiger partial charge in [0, 0.05) is 38.5 Å². The Morgan fingerprint density at radius 1 is 1.25 bits per heavy atom. The molecule has 0 aliphatic carbocycles. The third kappa shape index (κ3) is 4.51. The predicted octanol–water partition coefficient (Wildman–Crippen LogP) is 0.957. The molecule has 0 saturated carbocycles. The molecule has 6 heteroatoms. The van der Waals surface area contributed by atoms with Crippen LogP contribution in [0.3, 0.4) is 0 Å². The summed E-state index contributed by atoms with van der Waals surface area (Å²) in [6.07, 6.45) is 1.29. The van der Waals surface area contributed by atoms with Gasteiger partial charge in [-0.1, -0.05) is 0 Å². The van der Waals surface area contributed by atoms with Gasteiger partial charge in [-0.3, -0.25) is 14.4 Å². The van der Waals surface area contributed by atoms with Gasteiger partial charge in [-0.05, 0) is 26.7 Å². The summed E-state index contributed by atoms with van der Waals surface area (Å²) in [6, 6.07) is -0.00677. The van der Waals surface area contributed by atoms with E-state index in [1.807, 2.05) is 13.8 Å². The third-order valence-corrected chi connectivity index (χ3v) is 3.76. The summed E-state index contributed by atoms with van der Waals surface area (Å²) in [7, 11) is 0. The molecule has 6 nitrogen and oxygen atoms in total. The van der Waals surface area contributed by atoms with E-state index in [4.69, 9.17) is 5.11 Å². The standard InChI is InChI=1S/C14H24N2O4/c1-10(2)16(9-6-13(18)19)14(20)12-4-7-15(8-5-12)11(3)17/h10,12H,4-9H2,1-3H3,(H,18,19). The van der Waals surface area contributed by atoms with E-state index in [9.17, 15) is 14.4 Å². The molecule has 0 bridgehead atoms. The first kappa shape index (κ1) is 16.5. The molecule has 1 aliphatic rings. The van der Waals surface area contributed by atoms with Gasteiger partial charge in [-0.25, -0.2) is 0 Å². The predicted molar refractivity (Wildman–Crippen MR) is 74.1 cm³/mol. The number of hydrogen-bond donors (Lipinski definition) is 1. The molecule has 0 radical (unpaired) electrons. The molecule has 0 unspecified atom stereocenters. The zero-order valence-electron chi connectivity index (χ0n) is 12.5. The number of carbonyl (C=O) groups is 3. The summed E-state index contributed by atoms with van der Waals surface area (Å²) < 4.78 is 0. The number of carbonyl (C=O) groups excluding carboxylic acids is 2. The van der Waals surface area contributed by atoms with Crippen molar-refractivity contribution in [2.75, 3.05) is 19.6 Å². The molecule has 0 spiro atoms. The van der Waals surface area contributed by atoms with Gasteiger partial charge in [0.05, 0.1) is 6.42 Å². The van der Waals surface area contributed by atoms with Crippen molar-refractivity contribution in [3.63, 3.8) is 0 Å². The number of aliphatic carboxylic acids is 1. The Balaban J connectivity index is 2.58. The van der Waals surface area contributed by atoms with E-state index < -0.39 is 5.97 Å². The van der Waals surface area contributed by atoms with E-state index in [1.165, 1.54) is 6.92 Å². The quantitative estimate of drug-likeness (QED) is 0.815. The van der Waals surface area contributed by atoms with Gasteiger partial charge in [0.2, 0.25) is 11.8 Å². The van der Waals surface area contributed by atoms with Crippen LogP contribution in [-0.2, 0) is 14.4 Å². The van der Waals surface area contributed by atoms with Crippen LogP contribution in [-0.4, -0.2) is 58.4 Å². The number of piperidine rings is 1. The second kappa shape index (κ2) is 7.26. The van der Waals surface area contributed by atoms with Gasteiger partial charge in [0.25, 0.3) is 0 Å². The highest BCUT2D eigenvalue weighted by atomic mass is 16.4. The number of carboxylic acids is 1. The summed E-state index contributed by atoms with van der Waals surface area (Å²) in [4.78, 5) is 37.8. The average molecular weight is 284 g/mol. The number of likely N-dealkylation sites (tertiary alicyclic amines) is 1. The normalized spacial score (nSPS) is 16.3. The zero-order chi connectivity index (χ0) is 15.3. The van der Waals surface area contributed by atoms with Gasteiger partial charge in [-0.15, -0.1) is 0 Å². The molecule has 0 aromatic heterocycles.